The Morgan fingerprint density at radius 3 is 3.00 bits per heavy atom. The molecule has 3 rings (SSSR count). The van der Waals surface area contributed by atoms with Crippen molar-refractivity contribution in [2.24, 2.45) is 0 Å². The molecule has 0 aliphatic carbocycles. The van der Waals surface area contributed by atoms with Gasteiger partial charge in [-0.1, -0.05) is 16.1 Å². The van der Waals surface area contributed by atoms with Gasteiger partial charge in [0.25, 0.3) is 0 Å². The van der Waals surface area contributed by atoms with Gasteiger partial charge in [-0.3, -0.25) is 4.79 Å². The summed E-state index contributed by atoms with van der Waals surface area (Å²) in [4.78, 5) is 12.0. The second-order valence-electron chi connectivity index (χ2n) is 3.77. The molecule has 0 aliphatic rings. The van der Waals surface area contributed by atoms with Gasteiger partial charge in [0.1, 0.15) is 11.3 Å². The van der Waals surface area contributed by atoms with E-state index in [2.05, 4.69) is 9.59 Å². The van der Waals surface area contributed by atoms with Crippen LogP contribution in [0.1, 0.15) is 21.8 Å². The molecule has 4 nitrogen and oxygen atoms in total. The highest BCUT2D eigenvalue weighted by atomic mass is 32.1. The topological polar surface area (TPSA) is 56.0 Å². The zero-order valence-electron chi connectivity index (χ0n) is 9.01. The van der Waals surface area contributed by atoms with Gasteiger partial charge in [0.15, 0.2) is 5.76 Å². The zero-order chi connectivity index (χ0) is 11.8. The van der Waals surface area contributed by atoms with Crippen molar-refractivity contribution in [1.29, 1.82) is 0 Å². The lowest BCUT2D eigenvalue weighted by atomic mass is 10.1. The van der Waals surface area contributed by atoms with Crippen molar-refractivity contribution in [3.63, 3.8) is 0 Å². The van der Waals surface area contributed by atoms with E-state index >= 15 is 0 Å². The van der Waals surface area contributed by atoms with Gasteiger partial charge in [0, 0.05) is 10.8 Å². The highest BCUT2D eigenvalue weighted by Gasteiger charge is 2.16. The van der Waals surface area contributed by atoms with Gasteiger partial charge in [0.2, 0.25) is 5.78 Å². The molecule has 2 aromatic heterocycles. The number of rotatable bonds is 2. The number of carbonyl (C=O) groups is 1. The molecule has 17 heavy (non-hydrogen) atoms. The highest BCUT2D eigenvalue weighted by Crippen LogP contribution is 2.22. The Bertz CT molecular complexity index is 686. The molecule has 0 N–H and O–H groups in total. The Morgan fingerprint density at radius 1 is 1.35 bits per heavy atom. The standard InChI is InChI=1S/C12H8N2O2S/c1-7-2-3-10-8(4-7)5-11(16-10)12(15)9-6-17-14-13-9/h2-6H,1H3. The van der Waals surface area contributed by atoms with Crippen molar-refractivity contribution < 1.29 is 9.21 Å². The summed E-state index contributed by atoms with van der Waals surface area (Å²) in [6.45, 7) is 2.00. The summed E-state index contributed by atoms with van der Waals surface area (Å²) in [5.41, 5.74) is 2.17. The first kappa shape index (κ1) is 10.2. The molecule has 2 heterocycles. The Balaban J connectivity index is 2.09. The van der Waals surface area contributed by atoms with E-state index in [0.717, 1.165) is 22.5 Å². The molecule has 0 amide bonds. The van der Waals surface area contributed by atoms with Crippen molar-refractivity contribution in [3.8, 4) is 0 Å². The van der Waals surface area contributed by atoms with E-state index in [4.69, 9.17) is 4.42 Å². The molecule has 3 aromatic rings. The molecule has 0 atom stereocenters. The Morgan fingerprint density at radius 2 is 2.24 bits per heavy atom. The van der Waals surface area contributed by atoms with Crippen LogP contribution < -0.4 is 0 Å². The molecule has 5 heteroatoms. The van der Waals surface area contributed by atoms with Gasteiger partial charge in [-0.15, -0.1) is 5.10 Å². The average Bonchev–Trinajstić information content (AvgIpc) is 2.96. The molecular weight excluding hydrogens is 236 g/mol. The van der Waals surface area contributed by atoms with Crippen molar-refractivity contribution in [3.05, 3.63) is 46.7 Å². The molecular formula is C12H8N2O2S. The Labute approximate surface area is 101 Å². The van der Waals surface area contributed by atoms with Crippen molar-refractivity contribution in [2.45, 2.75) is 6.92 Å². The molecule has 0 aliphatic heterocycles. The van der Waals surface area contributed by atoms with Crippen LogP contribution in [0.15, 0.2) is 34.1 Å². The first-order valence-corrected chi connectivity index (χ1v) is 5.89. The second-order valence-corrected chi connectivity index (χ2v) is 4.38. The third-order valence-electron chi connectivity index (χ3n) is 2.49. The maximum atomic E-state index is 12.0. The second kappa shape index (κ2) is 3.78. The van der Waals surface area contributed by atoms with E-state index in [0.29, 0.717) is 17.0 Å². The third kappa shape index (κ3) is 1.74. The predicted molar refractivity (Wildman–Crippen MR) is 64.3 cm³/mol. The summed E-state index contributed by atoms with van der Waals surface area (Å²) in [6.07, 6.45) is 0. The summed E-state index contributed by atoms with van der Waals surface area (Å²) in [7, 11) is 0. The largest absolute Gasteiger partial charge is 0.453 e. The van der Waals surface area contributed by atoms with E-state index in [9.17, 15) is 4.79 Å². The van der Waals surface area contributed by atoms with Crippen LogP contribution in [0.4, 0.5) is 0 Å². The maximum Gasteiger partial charge on any atom is 0.249 e. The molecule has 84 valence electrons. The van der Waals surface area contributed by atoms with Gasteiger partial charge in [-0.2, -0.15) is 0 Å². The highest BCUT2D eigenvalue weighted by molar-refractivity contribution is 7.03. The summed E-state index contributed by atoms with van der Waals surface area (Å²) >= 11 is 1.15. The molecule has 0 unspecified atom stereocenters. The maximum absolute atomic E-state index is 12.0. The SMILES string of the molecule is Cc1ccc2oc(C(=O)c3csnn3)cc2c1. The van der Waals surface area contributed by atoms with E-state index in [-0.39, 0.29) is 5.78 Å². The number of nitrogens with zero attached hydrogens (tertiary/aromatic N) is 2. The van der Waals surface area contributed by atoms with E-state index in [1.165, 1.54) is 0 Å². The fraction of sp³-hybridized carbons (Fsp3) is 0.0833. The van der Waals surface area contributed by atoms with Crippen LogP contribution >= 0.6 is 11.5 Å². The number of benzene rings is 1. The van der Waals surface area contributed by atoms with Crippen LogP contribution in [0.2, 0.25) is 0 Å². The van der Waals surface area contributed by atoms with Gasteiger partial charge in [-0.25, -0.2) is 0 Å². The minimum Gasteiger partial charge on any atom is -0.453 e. The number of furan rings is 1. The first-order chi connectivity index (χ1) is 8.24. The normalized spacial score (nSPS) is 10.9. The van der Waals surface area contributed by atoms with E-state index < -0.39 is 0 Å². The van der Waals surface area contributed by atoms with Gasteiger partial charge >= 0.3 is 0 Å². The van der Waals surface area contributed by atoms with Crippen LogP contribution in [0.3, 0.4) is 0 Å². The molecule has 1 aromatic carbocycles. The number of hydrogen-bond acceptors (Lipinski definition) is 5. The number of hydrogen-bond donors (Lipinski definition) is 0. The molecule has 0 bridgehead atoms. The first-order valence-electron chi connectivity index (χ1n) is 5.06. The molecule has 0 saturated carbocycles. The van der Waals surface area contributed by atoms with Crippen LogP contribution in [0.5, 0.6) is 0 Å². The fourth-order valence-electron chi connectivity index (χ4n) is 1.66. The van der Waals surface area contributed by atoms with Gasteiger partial charge in [0.05, 0.1) is 0 Å². The number of aryl methyl sites for hydroxylation is 1. The van der Waals surface area contributed by atoms with Crippen LogP contribution in [-0.4, -0.2) is 15.4 Å². The predicted octanol–water partition coefficient (Wildman–Crippen LogP) is 2.82. The fourth-order valence-corrected chi connectivity index (χ4v) is 2.10. The quantitative estimate of drug-likeness (QED) is 0.650. The third-order valence-corrected chi connectivity index (χ3v) is 2.99. The average molecular weight is 244 g/mol. The number of aromatic nitrogens is 2. The number of carbonyl (C=O) groups excluding carboxylic acids is 1. The van der Waals surface area contributed by atoms with E-state index in [1.807, 2.05) is 25.1 Å². The monoisotopic (exact) mass is 244 g/mol. The molecule has 0 saturated heterocycles. The lowest BCUT2D eigenvalue weighted by Gasteiger charge is -1.90. The van der Waals surface area contributed by atoms with Gasteiger partial charge in [-0.05, 0) is 36.7 Å². The summed E-state index contributed by atoms with van der Waals surface area (Å²) < 4.78 is 9.16. The van der Waals surface area contributed by atoms with Crippen LogP contribution in [0.25, 0.3) is 11.0 Å². The Kier molecular flexibility index (Phi) is 2.26. The molecule has 0 spiro atoms. The minimum absolute atomic E-state index is 0.229. The molecule has 0 radical (unpaired) electrons. The van der Waals surface area contributed by atoms with Crippen molar-refractivity contribution in [2.75, 3.05) is 0 Å². The Hall–Kier alpha value is -2.01. The smallest absolute Gasteiger partial charge is 0.249 e. The van der Waals surface area contributed by atoms with E-state index in [1.54, 1.807) is 11.4 Å². The van der Waals surface area contributed by atoms with Crippen LogP contribution in [-0.2, 0) is 0 Å². The van der Waals surface area contributed by atoms with Crippen LogP contribution in [0, 0.1) is 6.92 Å². The summed E-state index contributed by atoms with van der Waals surface area (Å²) in [5, 5.41) is 6.28. The minimum atomic E-state index is -0.229. The van der Waals surface area contributed by atoms with Crippen molar-refractivity contribution in [1.82, 2.24) is 9.59 Å². The molecule has 0 fully saturated rings. The number of fused-ring (bicyclic) bond motifs is 1. The lowest BCUT2D eigenvalue weighted by Crippen LogP contribution is -1.99. The summed E-state index contributed by atoms with van der Waals surface area (Å²) in [6, 6.07) is 7.53. The van der Waals surface area contributed by atoms with Crippen molar-refractivity contribution >= 4 is 28.3 Å². The zero-order valence-corrected chi connectivity index (χ0v) is 9.82. The summed E-state index contributed by atoms with van der Waals surface area (Å²) in [5.74, 6) is 0.0749. The lowest BCUT2D eigenvalue weighted by molar-refractivity contribution is 0.101. The van der Waals surface area contributed by atoms with Gasteiger partial charge < -0.3 is 4.42 Å². The number of ketones is 1.